The van der Waals surface area contributed by atoms with E-state index in [0.717, 1.165) is 30.4 Å². The molecule has 230 valence electrons. The van der Waals surface area contributed by atoms with Gasteiger partial charge in [-0.3, -0.25) is 14.4 Å². The van der Waals surface area contributed by atoms with Crippen molar-refractivity contribution in [2.24, 2.45) is 0 Å². The summed E-state index contributed by atoms with van der Waals surface area (Å²) in [6.45, 7) is 7.74. The topological polar surface area (TPSA) is 89.9 Å². The number of aromatic hydroxyl groups is 1. The van der Waals surface area contributed by atoms with Crippen molar-refractivity contribution >= 4 is 18.0 Å². The third-order valence-electron chi connectivity index (χ3n) is 7.26. The summed E-state index contributed by atoms with van der Waals surface area (Å²) in [5, 5.41) is 10.8. The molecule has 0 aliphatic rings. The zero-order chi connectivity index (χ0) is 30.5. The lowest BCUT2D eigenvalue weighted by Crippen LogP contribution is -2.07. The molecule has 0 bridgehead atoms. The number of ether oxygens (including phenoxy) is 2. The Morgan fingerprint density at radius 2 is 1.44 bits per heavy atom. The van der Waals surface area contributed by atoms with Gasteiger partial charge < -0.3 is 14.6 Å². The van der Waals surface area contributed by atoms with E-state index in [1.807, 2.05) is 26.8 Å². The molecule has 41 heavy (non-hydrogen) atoms. The van der Waals surface area contributed by atoms with E-state index < -0.39 is 0 Å². The van der Waals surface area contributed by atoms with Gasteiger partial charge in [-0.2, -0.15) is 0 Å². The fourth-order valence-corrected chi connectivity index (χ4v) is 4.90. The van der Waals surface area contributed by atoms with Gasteiger partial charge in [0.2, 0.25) is 0 Å². The largest absolute Gasteiger partial charge is 0.507 e. The number of benzene rings is 1. The second-order valence-electron chi connectivity index (χ2n) is 11.4. The summed E-state index contributed by atoms with van der Waals surface area (Å²) < 4.78 is 10.9. The molecule has 0 spiro atoms. The highest BCUT2D eigenvalue weighted by Gasteiger charge is 2.19. The van der Waals surface area contributed by atoms with Crippen LogP contribution in [0.3, 0.4) is 0 Å². The molecule has 0 aliphatic carbocycles. The van der Waals surface area contributed by atoms with Gasteiger partial charge in [-0.25, -0.2) is 0 Å². The Kier molecular flexibility index (Phi) is 19.2. The van der Waals surface area contributed by atoms with Gasteiger partial charge in [0.1, 0.15) is 18.1 Å². The molecule has 0 fully saturated rings. The number of phenolic OH excluding ortho intramolecular Hbond substituents is 1. The predicted molar refractivity (Wildman–Crippen MR) is 167 cm³/mol. The van der Waals surface area contributed by atoms with Crippen LogP contribution in [0.15, 0.2) is 29.4 Å². The number of methoxy groups -OCH3 is 1. The summed E-state index contributed by atoms with van der Waals surface area (Å²) >= 11 is 0. The number of unbranched alkanes of at least 4 members (excludes halogenated alkanes) is 12. The van der Waals surface area contributed by atoms with Gasteiger partial charge in [-0.1, -0.05) is 101 Å². The summed E-state index contributed by atoms with van der Waals surface area (Å²) in [6.07, 6.45) is 21.1. The SMILES string of the molecule is CCCCCCCCCCCCCCCC(=O)OCc1cc(OC)c(CC=C(C)CC(=O)C=C(C)C)c(O)c1C=O. The van der Waals surface area contributed by atoms with E-state index in [1.54, 1.807) is 12.1 Å². The van der Waals surface area contributed by atoms with Crippen LogP contribution in [0.5, 0.6) is 11.5 Å². The zero-order valence-corrected chi connectivity index (χ0v) is 26.3. The second-order valence-corrected chi connectivity index (χ2v) is 11.4. The number of ketones is 1. The Morgan fingerprint density at radius 3 is 1.95 bits per heavy atom. The maximum atomic E-state index is 12.3. The van der Waals surface area contributed by atoms with Crippen LogP contribution in [-0.2, 0) is 27.4 Å². The van der Waals surface area contributed by atoms with E-state index in [2.05, 4.69) is 6.92 Å². The van der Waals surface area contributed by atoms with E-state index >= 15 is 0 Å². The number of hydrogen-bond acceptors (Lipinski definition) is 6. The summed E-state index contributed by atoms with van der Waals surface area (Å²) in [7, 11) is 1.48. The molecule has 1 aromatic carbocycles. The van der Waals surface area contributed by atoms with Crippen LogP contribution in [0.2, 0.25) is 0 Å². The van der Waals surface area contributed by atoms with Crippen LogP contribution in [0.25, 0.3) is 0 Å². The van der Waals surface area contributed by atoms with E-state index in [1.165, 1.54) is 71.3 Å². The average molecular weight is 571 g/mol. The summed E-state index contributed by atoms with van der Waals surface area (Å²) in [4.78, 5) is 36.2. The first-order valence-corrected chi connectivity index (χ1v) is 15.6. The molecule has 1 aromatic rings. The molecular formula is C35H54O6. The number of carbonyl (C=O) groups excluding carboxylic acids is 3. The third kappa shape index (κ3) is 15.6. The van der Waals surface area contributed by atoms with Gasteiger partial charge in [0.15, 0.2) is 12.1 Å². The molecule has 0 amide bonds. The van der Waals surface area contributed by atoms with Crippen molar-refractivity contribution < 1.29 is 29.0 Å². The van der Waals surface area contributed by atoms with E-state index in [0.29, 0.717) is 36.0 Å². The molecule has 0 unspecified atom stereocenters. The molecule has 0 saturated carbocycles. The predicted octanol–water partition coefficient (Wildman–Crippen LogP) is 9.15. The summed E-state index contributed by atoms with van der Waals surface area (Å²) in [5.74, 6) is -0.0941. The van der Waals surface area contributed by atoms with Crippen molar-refractivity contribution in [2.45, 2.75) is 137 Å². The Morgan fingerprint density at radius 1 is 0.878 bits per heavy atom. The normalized spacial score (nSPS) is 11.3. The van der Waals surface area contributed by atoms with Crippen molar-refractivity contribution in [1.29, 1.82) is 0 Å². The molecule has 1 N–H and O–H groups in total. The minimum Gasteiger partial charge on any atom is -0.507 e. The lowest BCUT2D eigenvalue weighted by atomic mass is 9.98. The van der Waals surface area contributed by atoms with Crippen molar-refractivity contribution in [1.82, 2.24) is 0 Å². The first-order chi connectivity index (χ1) is 19.7. The number of phenols is 1. The van der Waals surface area contributed by atoms with Crippen molar-refractivity contribution in [3.8, 4) is 11.5 Å². The molecule has 0 saturated heterocycles. The molecule has 6 nitrogen and oxygen atoms in total. The van der Waals surface area contributed by atoms with Gasteiger partial charge in [-0.05, 0) is 45.8 Å². The highest BCUT2D eigenvalue weighted by Crippen LogP contribution is 2.35. The first-order valence-electron chi connectivity index (χ1n) is 15.6. The Balaban J connectivity index is 2.48. The monoisotopic (exact) mass is 570 g/mol. The van der Waals surface area contributed by atoms with Gasteiger partial charge in [0, 0.05) is 24.0 Å². The number of esters is 1. The number of allylic oxidation sites excluding steroid dienone is 4. The number of aldehydes is 1. The fraction of sp³-hybridized carbons (Fsp3) is 0.629. The molecule has 0 aromatic heterocycles. The first kappa shape index (κ1) is 36.1. The van der Waals surface area contributed by atoms with Crippen molar-refractivity contribution in [3.63, 3.8) is 0 Å². The Bertz CT molecular complexity index is 1000. The fourth-order valence-electron chi connectivity index (χ4n) is 4.90. The molecular weight excluding hydrogens is 516 g/mol. The summed E-state index contributed by atoms with van der Waals surface area (Å²) in [6, 6.07) is 1.63. The highest BCUT2D eigenvalue weighted by molar-refractivity contribution is 5.91. The minimum absolute atomic E-state index is 0.0134. The standard InChI is InChI=1S/C35H54O6/c1-6-7-8-9-10-11-12-13-14-15-16-17-18-19-34(38)41-26-29-24-33(40-5)31(35(39)32(29)25-36)21-20-28(4)23-30(37)22-27(2)3/h20,22,24-25,39H,6-19,21,23,26H2,1-5H3. The summed E-state index contributed by atoms with van der Waals surface area (Å²) in [5.41, 5.74) is 2.73. The van der Waals surface area contributed by atoms with Crippen molar-refractivity contribution in [3.05, 3.63) is 46.1 Å². The zero-order valence-electron chi connectivity index (χ0n) is 26.3. The second kappa shape index (κ2) is 21.8. The number of hydrogen-bond donors (Lipinski definition) is 1. The van der Waals surface area contributed by atoms with E-state index in [4.69, 9.17) is 9.47 Å². The van der Waals surface area contributed by atoms with E-state index in [9.17, 15) is 19.5 Å². The Labute approximate surface area is 248 Å². The van der Waals surface area contributed by atoms with Crippen LogP contribution in [0, 0.1) is 0 Å². The average Bonchev–Trinajstić information content (AvgIpc) is 2.92. The van der Waals surface area contributed by atoms with Gasteiger partial charge >= 0.3 is 5.97 Å². The maximum absolute atomic E-state index is 12.3. The van der Waals surface area contributed by atoms with Gasteiger partial charge in [-0.15, -0.1) is 0 Å². The number of rotatable bonds is 23. The molecule has 0 heterocycles. The van der Waals surface area contributed by atoms with Gasteiger partial charge in [0.05, 0.1) is 12.7 Å². The van der Waals surface area contributed by atoms with Crippen LogP contribution in [0.4, 0.5) is 0 Å². The minimum atomic E-state index is -0.313. The van der Waals surface area contributed by atoms with Crippen molar-refractivity contribution in [2.75, 3.05) is 7.11 Å². The smallest absolute Gasteiger partial charge is 0.306 e. The lowest BCUT2D eigenvalue weighted by molar-refractivity contribution is -0.145. The Hall–Kier alpha value is -2.89. The van der Waals surface area contributed by atoms with Crippen LogP contribution >= 0.6 is 0 Å². The molecule has 6 heteroatoms. The quantitative estimate of drug-likeness (QED) is 0.0464. The van der Waals surface area contributed by atoms with Crippen LogP contribution in [0.1, 0.15) is 145 Å². The lowest BCUT2D eigenvalue weighted by Gasteiger charge is -2.15. The van der Waals surface area contributed by atoms with Crippen LogP contribution < -0.4 is 4.74 Å². The molecule has 0 radical (unpaired) electrons. The third-order valence-corrected chi connectivity index (χ3v) is 7.26. The van der Waals surface area contributed by atoms with E-state index in [-0.39, 0.29) is 36.1 Å². The molecule has 0 atom stereocenters. The maximum Gasteiger partial charge on any atom is 0.306 e. The highest BCUT2D eigenvalue weighted by atomic mass is 16.5. The molecule has 0 aliphatic heterocycles. The van der Waals surface area contributed by atoms with Gasteiger partial charge in [0.25, 0.3) is 0 Å². The molecule has 1 rings (SSSR count). The van der Waals surface area contributed by atoms with Crippen LogP contribution in [-0.4, -0.2) is 30.3 Å². The number of carbonyl (C=O) groups is 3.